The van der Waals surface area contributed by atoms with Crippen molar-refractivity contribution in [3.63, 3.8) is 0 Å². The minimum Gasteiger partial charge on any atom is -0.462 e. The molecule has 3 aliphatic rings. The molecule has 2 saturated heterocycles. The molecule has 3 fully saturated rings. The van der Waals surface area contributed by atoms with Crippen molar-refractivity contribution in [3.8, 4) is 0 Å². The molecule has 1 aromatic carbocycles. The maximum Gasteiger partial charge on any atom is 0.471 e. The molecular weight excluding hydrogens is 413 g/mol. The van der Waals surface area contributed by atoms with Gasteiger partial charge >= 0.3 is 18.1 Å². The van der Waals surface area contributed by atoms with E-state index in [-0.39, 0.29) is 12.0 Å². The molecule has 170 valence electrons. The van der Waals surface area contributed by atoms with E-state index in [1.807, 2.05) is 12.1 Å². The van der Waals surface area contributed by atoms with Crippen molar-refractivity contribution >= 4 is 11.9 Å². The van der Waals surface area contributed by atoms with Gasteiger partial charge in [-0.3, -0.25) is 9.69 Å². The zero-order chi connectivity index (χ0) is 22.2. The van der Waals surface area contributed by atoms with Gasteiger partial charge in [0.25, 0.3) is 0 Å². The molecule has 1 aliphatic carbocycles. The second-order valence-corrected chi connectivity index (χ2v) is 8.68. The van der Waals surface area contributed by atoms with Gasteiger partial charge in [0.1, 0.15) is 0 Å². The first kappa shape index (κ1) is 22.1. The van der Waals surface area contributed by atoms with Gasteiger partial charge in [0, 0.05) is 38.3 Å². The van der Waals surface area contributed by atoms with Gasteiger partial charge in [0.2, 0.25) is 0 Å². The van der Waals surface area contributed by atoms with Gasteiger partial charge in [-0.25, -0.2) is 4.79 Å². The lowest BCUT2D eigenvalue weighted by atomic mass is 9.82. The van der Waals surface area contributed by atoms with Gasteiger partial charge in [0.05, 0.1) is 17.8 Å². The molecule has 31 heavy (non-hydrogen) atoms. The zero-order valence-corrected chi connectivity index (χ0v) is 17.5. The lowest BCUT2D eigenvalue weighted by Gasteiger charge is -2.54. The predicted octanol–water partition coefficient (Wildman–Crippen LogP) is 3.15. The van der Waals surface area contributed by atoms with E-state index in [4.69, 9.17) is 9.47 Å². The number of hydrogen-bond acceptors (Lipinski definition) is 5. The van der Waals surface area contributed by atoms with Crippen molar-refractivity contribution in [2.45, 2.75) is 63.0 Å². The van der Waals surface area contributed by atoms with E-state index in [0.717, 1.165) is 10.5 Å². The standard InChI is InChI=1S/C22H27F3N2O4/c1-2-30-19(28)16-5-3-15(4-6-16)12-26-13-21(14-26)11-18(9-10-31-21)27(17-7-8-17)20(29)22(23,24)25/h3-6,17-18H,2,7-14H2,1H3. The average Bonchev–Trinajstić information content (AvgIpc) is 3.52. The Bertz CT molecular complexity index is 817. The number of carbonyl (C=O) groups excluding carboxylic acids is 2. The third kappa shape index (κ3) is 4.87. The highest BCUT2D eigenvalue weighted by molar-refractivity contribution is 5.89. The molecule has 1 atom stereocenters. The third-order valence-electron chi connectivity index (χ3n) is 6.17. The number of carbonyl (C=O) groups is 2. The Morgan fingerprint density at radius 1 is 1.16 bits per heavy atom. The predicted molar refractivity (Wildman–Crippen MR) is 105 cm³/mol. The lowest BCUT2D eigenvalue weighted by molar-refractivity contribution is -0.205. The first-order chi connectivity index (χ1) is 14.7. The van der Waals surface area contributed by atoms with Crippen LogP contribution >= 0.6 is 0 Å². The fourth-order valence-electron chi connectivity index (χ4n) is 4.69. The summed E-state index contributed by atoms with van der Waals surface area (Å²) in [6, 6.07) is 6.49. The minimum atomic E-state index is -4.84. The number of alkyl halides is 3. The summed E-state index contributed by atoms with van der Waals surface area (Å²) in [5, 5.41) is 0. The Morgan fingerprint density at radius 2 is 1.84 bits per heavy atom. The lowest BCUT2D eigenvalue weighted by Crippen LogP contribution is -2.67. The monoisotopic (exact) mass is 440 g/mol. The molecule has 2 heterocycles. The van der Waals surface area contributed by atoms with Crippen LogP contribution in [-0.4, -0.2) is 71.8 Å². The smallest absolute Gasteiger partial charge is 0.462 e. The largest absolute Gasteiger partial charge is 0.471 e. The molecule has 2 aliphatic heterocycles. The number of halogens is 3. The molecule has 1 unspecified atom stereocenters. The molecule has 0 bridgehead atoms. The molecule has 4 rings (SSSR count). The van der Waals surface area contributed by atoms with Crippen LogP contribution in [0.5, 0.6) is 0 Å². The molecule has 0 N–H and O–H groups in total. The van der Waals surface area contributed by atoms with Gasteiger partial charge in [0.15, 0.2) is 0 Å². The Labute approximate surface area is 179 Å². The van der Waals surface area contributed by atoms with Crippen LogP contribution in [0.1, 0.15) is 48.5 Å². The van der Waals surface area contributed by atoms with Crippen LogP contribution < -0.4 is 0 Å². The molecule has 9 heteroatoms. The molecular formula is C22H27F3N2O4. The van der Waals surface area contributed by atoms with E-state index >= 15 is 0 Å². The number of benzene rings is 1. The van der Waals surface area contributed by atoms with Crippen LogP contribution in [0.15, 0.2) is 24.3 Å². The van der Waals surface area contributed by atoms with Crippen LogP contribution in [0.25, 0.3) is 0 Å². The van der Waals surface area contributed by atoms with Crippen molar-refractivity contribution in [2.24, 2.45) is 0 Å². The molecule has 6 nitrogen and oxygen atoms in total. The second kappa shape index (κ2) is 8.43. The van der Waals surface area contributed by atoms with Gasteiger partial charge in [-0.05, 0) is 50.3 Å². The summed E-state index contributed by atoms with van der Waals surface area (Å²) >= 11 is 0. The van der Waals surface area contributed by atoms with Gasteiger partial charge in [-0.2, -0.15) is 13.2 Å². The Morgan fingerprint density at radius 3 is 2.42 bits per heavy atom. The topological polar surface area (TPSA) is 59.1 Å². The summed E-state index contributed by atoms with van der Waals surface area (Å²) in [6.07, 6.45) is -2.69. The highest BCUT2D eigenvalue weighted by Crippen LogP contribution is 2.41. The molecule has 1 spiro atoms. The number of hydrogen-bond donors (Lipinski definition) is 0. The van der Waals surface area contributed by atoms with Crippen LogP contribution in [0.3, 0.4) is 0 Å². The van der Waals surface area contributed by atoms with Crippen molar-refractivity contribution in [1.82, 2.24) is 9.80 Å². The van der Waals surface area contributed by atoms with Crippen LogP contribution in [-0.2, 0) is 20.8 Å². The number of nitrogens with zero attached hydrogens (tertiary/aromatic N) is 2. The highest BCUT2D eigenvalue weighted by atomic mass is 19.4. The normalized spacial score (nSPS) is 23.3. The zero-order valence-electron chi connectivity index (χ0n) is 17.5. The van der Waals surface area contributed by atoms with E-state index in [9.17, 15) is 22.8 Å². The highest BCUT2D eigenvalue weighted by Gasteiger charge is 2.54. The van der Waals surface area contributed by atoms with Crippen LogP contribution in [0.2, 0.25) is 0 Å². The van der Waals surface area contributed by atoms with E-state index in [2.05, 4.69) is 4.90 Å². The SMILES string of the molecule is CCOC(=O)c1ccc(CN2CC3(CC(N(C(=O)C(F)(F)F)C4CC4)CCO3)C2)cc1. The fraction of sp³-hybridized carbons (Fsp3) is 0.636. The van der Waals surface area contributed by atoms with E-state index in [1.165, 1.54) is 0 Å². The number of esters is 1. The summed E-state index contributed by atoms with van der Waals surface area (Å²) in [5.41, 5.74) is 1.04. The molecule has 0 radical (unpaired) electrons. The van der Waals surface area contributed by atoms with Crippen LogP contribution in [0.4, 0.5) is 13.2 Å². The maximum atomic E-state index is 13.1. The van der Waals surface area contributed by atoms with E-state index < -0.39 is 23.7 Å². The fourth-order valence-corrected chi connectivity index (χ4v) is 4.69. The third-order valence-corrected chi connectivity index (χ3v) is 6.17. The summed E-state index contributed by atoms with van der Waals surface area (Å²) in [4.78, 5) is 27.0. The Kier molecular flexibility index (Phi) is 6.00. The first-order valence-corrected chi connectivity index (χ1v) is 10.7. The van der Waals surface area contributed by atoms with Crippen molar-refractivity contribution < 1.29 is 32.2 Å². The van der Waals surface area contributed by atoms with Crippen molar-refractivity contribution in [3.05, 3.63) is 35.4 Å². The maximum absolute atomic E-state index is 13.1. The number of rotatable bonds is 6. The number of ether oxygens (including phenoxy) is 2. The van der Waals surface area contributed by atoms with Crippen LogP contribution in [0, 0.1) is 0 Å². The molecule has 1 amide bonds. The number of amides is 1. The van der Waals surface area contributed by atoms with E-state index in [1.54, 1.807) is 19.1 Å². The summed E-state index contributed by atoms with van der Waals surface area (Å²) in [7, 11) is 0. The van der Waals surface area contributed by atoms with Gasteiger partial charge in [-0.1, -0.05) is 12.1 Å². The Balaban J connectivity index is 1.34. The average molecular weight is 440 g/mol. The minimum absolute atomic E-state index is 0.289. The van der Waals surface area contributed by atoms with Crippen molar-refractivity contribution in [2.75, 3.05) is 26.3 Å². The van der Waals surface area contributed by atoms with Gasteiger partial charge < -0.3 is 14.4 Å². The molecule has 1 aromatic rings. The number of likely N-dealkylation sites (tertiary alicyclic amines) is 1. The quantitative estimate of drug-likeness (QED) is 0.636. The summed E-state index contributed by atoms with van der Waals surface area (Å²) in [6.45, 7) is 4.33. The molecule has 1 saturated carbocycles. The molecule has 0 aromatic heterocycles. The van der Waals surface area contributed by atoms with Crippen molar-refractivity contribution in [1.29, 1.82) is 0 Å². The van der Waals surface area contributed by atoms with E-state index in [0.29, 0.717) is 64.1 Å². The second-order valence-electron chi connectivity index (χ2n) is 8.68. The first-order valence-electron chi connectivity index (χ1n) is 10.7. The summed E-state index contributed by atoms with van der Waals surface area (Å²) in [5.74, 6) is -2.07. The summed E-state index contributed by atoms with van der Waals surface area (Å²) < 4.78 is 50.2. The van der Waals surface area contributed by atoms with Gasteiger partial charge in [-0.15, -0.1) is 0 Å². The Hall–Kier alpha value is -2.13.